The molecule has 3 aromatic carbocycles. The molecule has 0 saturated carbocycles. The largest absolute Gasteiger partial charge is 0.416 e. The summed E-state index contributed by atoms with van der Waals surface area (Å²) in [6.45, 7) is 1.94. The lowest BCUT2D eigenvalue weighted by Gasteiger charge is -2.25. The van der Waals surface area contributed by atoms with E-state index in [9.17, 15) is 22.8 Å². The van der Waals surface area contributed by atoms with E-state index in [4.69, 9.17) is 0 Å². The van der Waals surface area contributed by atoms with E-state index < -0.39 is 11.7 Å². The average Bonchev–Trinajstić information content (AvgIpc) is 3.15. The molecule has 1 atom stereocenters. The molecule has 0 aromatic heterocycles. The van der Waals surface area contributed by atoms with E-state index in [-0.39, 0.29) is 22.9 Å². The minimum absolute atomic E-state index is 0.170. The molecule has 1 fully saturated rings. The van der Waals surface area contributed by atoms with Gasteiger partial charge in [0.2, 0.25) is 5.91 Å². The number of benzene rings is 3. The summed E-state index contributed by atoms with van der Waals surface area (Å²) in [6, 6.07) is 18.9. The highest BCUT2D eigenvalue weighted by atomic mass is 32.2. The van der Waals surface area contributed by atoms with E-state index >= 15 is 0 Å². The molecule has 3 aromatic rings. The van der Waals surface area contributed by atoms with Crippen molar-refractivity contribution in [2.75, 3.05) is 16.0 Å². The molecule has 1 aliphatic rings. The number of alkyl halides is 3. The zero-order valence-corrected chi connectivity index (χ0v) is 17.8. The number of nitrogens with zero attached hydrogens (tertiary/aromatic N) is 1. The minimum atomic E-state index is -4.43. The number of hydrogen-bond acceptors (Lipinski definition) is 3. The molecule has 8 heteroatoms. The van der Waals surface area contributed by atoms with Crippen molar-refractivity contribution in [3.63, 3.8) is 0 Å². The van der Waals surface area contributed by atoms with Gasteiger partial charge >= 0.3 is 6.18 Å². The van der Waals surface area contributed by atoms with Crippen molar-refractivity contribution in [3.8, 4) is 0 Å². The lowest BCUT2D eigenvalue weighted by molar-refractivity contribution is -0.137. The van der Waals surface area contributed by atoms with E-state index in [1.165, 1.54) is 28.8 Å². The first kappa shape index (κ1) is 22.0. The predicted molar refractivity (Wildman–Crippen MR) is 120 cm³/mol. The van der Waals surface area contributed by atoms with Gasteiger partial charge in [0.15, 0.2) is 0 Å². The Morgan fingerprint density at radius 1 is 0.969 bits per heavy atom. The first-order valence-electron chi connectivity index (χ1n) is 9.81. The maximum absolute atomic E-state index is 12.9. The fourth-order valence-electron chi connectivity index (χ4n) is 3.40. The highest BCUT2D eigenvalue weighted by molar-refractivity contribution is 8.00. The molecule has 4 nitrogen and oxygen atoms in total. The molecule has 0 aliphatic carbocycles. The molecular formula is C24H19F3N2O2S. The minimum Gasteiger partial charge on any atom is -0.322 e. The van der Waals surface area contributed by atoms with Crippen LogP contribution in [-0.4, -0.2) is 17.6 Å². The average molecular weight is 456 g/mol. The van der Waals surface area contributed by atoms with Crippen LogP contribution in [0.3, 0.4) is 0 Å². The molecule has 0 spiro atoms. The Labute approximate surface area is 187 Å². The maximum Gasteiger partial charge on any atom is 0.416 e. The number of carbonyl (C=O) groups excluding carboxylic acids is 2. The van der Waals surface area contributed by atoms with Gasteiger partial charge in [-0.3, -0.25) is 14.5 Å². The highest BCUT2D eigenvalue weighted by Gasteiger charge is 2.35. The Morgan fingerprint density at radius 3 is 2.19 bits per heavy atom. The summed E-state index contributed by atoms with van der Waals surface area (Å²) in [5.74, 6) is -0.163. The van der Waals surface area contributed by atoms with Crippen molar-refractivity contribution >= 4 is 35.0 Å². The number of thioether (sulfide) groups is 1. The van der Waals surface area contributed by atoms with Crippen molar-refractivity contribution in [1.29, 1.82) is 0 Å². The van der Waals surface area contributed by atoms with Crippen LogP contribution < -0.4 is 10.2 Å². The summed E-state index contributed by atoms with van der Waals surface area (Å²) in [6.07, 6.45) is -4.43. The first-order chi connectivity index (χ1) is 15.2. The van der Waals surface area contributed by atoms with Gasteiger partial charge in [-0.1, -0.05) is 29.8 Å². The van der Waals surface area contributed by atoms with Crippen LogP contribution >= 0.6 is 11.8 Å². The second-order valence-corrected chi connectivity index (χ2v) is 8.48. The zero-order chi connectivity index (χ0) is 22.9. The van der Waals surface area contributed by atoms with E-state index in [0.717, 1.165) is 23.3 Å². The van der Waals surface area contributed by atoms with E-state index in [1.54, 1.807) is 36.4 Å². The number of nitrogens with one attached hydrogen (secondary N) is 1. The van der Waals surface area contributed by atoms with Crippen LogP contribution in [0, 0.1) is 6.92 Å². The molecule has 1 heterocycles. The fraction of sp³-hybridized carbons (Fsp3) is 0.167. The van der Waals surface area contributed by atoms with Gasteiger partial charge in [-0.2, -0.15) is 13.2 Å². The highest BCUT2D eigenvalue weighted by Crippen LogP contribution is 2.42. The zero-order valence-electron chi connectivity index (χ0n) is 17.0. The number of rotatable bonds is 4. The number of halogens is 3. The smallest absolute Gasteiger partial charge is 0.322 e. The van der Waals surface area contributed by atoms with E-state index in [0.29, 0.717) is 16.9 Å². The second-order valence-electron chi connectivity index (χ2n) is 7.41. The van der Waals surface area contributed by atoms with Crippen LogP contribution in [0.2, 0.25) is 0 Å². The summed E-state index contributed by atoms with van der Waals surface area (Å²) in [4.78, 5) is 26.4. The monoisotopic (exact) mass is 456 g/mol. The van der Waals surface area contributed by atoms with Gasteiger partial charge in [-0.25, -0.2) is 0 Å². The van der Waals surface area contributed by atoms with Crippen LogP contribution in [0.25, 0.3) is 0 Å². The number of amides is 2. The Hall–Kier alpha value is -3.26. The second kappa shape index (κ2) is 8.70. The molecule has 4 rings (SSSR count). The number of aryl methyl sites for hydroxylation is 1. The van der Waals surface area contributed by atoms with Crippen molar-refractivity contribution in [1.82, 2.24) is 0 Å². The van der Waals surface area contributed by atoms with Gasteiger partial charge in [-0.05, 0) is 61.0 Å². The molecular weight excluding hydrogens is 437 g/mol. The summed E-state index contributed by atoms with van der Waals surface area (Å²) in [5.41, 5.74) is 2.68. The third-order valence-electron chi connectivity index (χ3n) is 5.11. The van der Waals surface area contributed by atoms with Gasteiger partial charge < -0.3 is 5.32 Å². The molecule has 0 radical (unpaired) electrons. The molecule has 0 bridgehead atoms. The number of carbonyl (C=O) groups is 2. The molecule has 1 unspecified atom stereocenters. The van der Waals surface area contributed by atoms with Crippen molar-refractivity contribution in [2.45, 2.75) is 18.5 Å². The van der Waals surface area contributed by atoms with Crippen LogP contribution in [0.15, 0.2) is 72.8 Å². The molecule has 32 heavy (non-hydrogen) atoms. The molecule has 1 aliphatic heterocycles. The number of hydrogen-bond donors (Lipinski definition) is 1. The first-order valence-corrected chi connectivity index (χ1v) is 10.9. The maximum atomic E-state index is 12.9. The Morgan fingerprint density at radius 2 is 1.59 bits per heavy atom. The van der Waals surface area contributed by atoms with Crippen molar-refractivity contribution in [3.05, 3.63) is 95.1 Å². The lowest BCUT2D eigenvalue weighted by Crippen LogP contribution is -2.27. The van der Waals surface area contributed by atoms with Gasteiger partial charge in [0, 0.05) is 16.9 Å². The molecule has 1 saturated heterocycles. The van der Waals surface area contributed by atoms with E-state index in [2.05, 4.69) is 5.32 Å². The third-order valence-corrected chi connectivity index (χ3v) is 6.32. The van der Waals surface area contributed by atoms with Crippen LogP contribution in [0.1, 0.15) is 32.4 Å². The Balaban J connectivity index is 1.50. The Kier molecular flexibility index (Phi) is 5.97. The molecule has 2 amide bonds. The van der Waals surface area contributed by atoms with Crippen LogP contribution in [0.5, 0.6) is 0 Å². The fourth-order valence-corrected chi connectivity index (χ4v) is 4.58. The standard InChI is InChI=1S/C24H19F3N2O2S/c1-15-2-4-16(5-3-15)22(31)28-19-10-6-17(7-11-19)23-29(21(30)14-32-23)20-12-8-18(9-13-20)24(25,26)27/h2-13,23H,14H2,1H3,(H,28,31). The van der Waals surface area contributed by atoms with Gasteiger partial charge in [0.05, 0.1) is 11.3 Å². The molecule has 164 valence electrons. The van der Waals surface area contributed by atoms with Gasteiger partial charge in [0.1, 0.15) is 5.37 Å². The quantitative estimate of drug-likeness (QED) is 0.520. The van der Waals surface area contributed by atoms with Crippen LogP contribution in [0.4, 0.5) is 24.5 Å². The summed E-state index contributed by atoms with van der Waals surface area (Å²) in [7, 11) is 0. The van der Waals surface area contributed by atoms with Crippen LogP contribution in [-0.2, 0) is 11.0 Å². The van der Waals surface area contributed by atoms with Gasteiger partial charge in [-0.15, -0.1) is 11.8 Å². The van der Waals surface area contributed by atoms with E-state index in [1.807, 2.05) is 19.1 Å². The Bertz CT molecular complexity index is 1130. The summed E-state index contributed by atoms with van der Waals surface area (Å²) in [5, 5.41) is 2.47. The predicted octanol–water partition coefficient (Wildman–Crippen LogP) is 6.04. The summed E-state index contributed by atoms with van der Waals surface area (Å²) < 4.78 is 38.6. The van der Waals surface area contributed by atoms with Crippen molar-refractivity contribution < 1.29 is 22.8 Å². The normalized spacial score (nSPS) is 16.3. The molecule has 1 N–H and O–H groups in total. The van der Waals surface area contributed by atoms with Gasteiger partial charge in [0.25, 0.3) is 5.91 Å². The number of anilines is 2. The lowest BCUT2D eigenvalue weighted by atomic mass is 10.1. The third kappa shape index (κ3) is 4.65. The van der Waals surface area contributed by atoms with Crippen molar-refractivity contribution in [2.24, 2.45) is 0 Å². The topological polar surface area (TPSA) is 49.4 Å². The SMILES string of the molecule is Cc1ccc(C(=O)Nc2ccc(C3SCC(=O)N3c3ccc(C(F)(F)F)cc3)cc2)cc1. The summed E-state index contributed by atoms with van der Waals surface area (Å²) >= 11 is 1.40.